The van der Waals surface area contributed by atoms with Crippen molar-refractivity contribution in [1.29, 1.82) is 0 Å². The fraction of sp³-hybridized carbons (Fsp3) is 0.250. The molecule has 0 spiro atoms. The van der Waals surface area contributed by atoms with Crippen LogP contribution in [0.1, 0.15) is 61.0 Å². The van der Waals surface area contributed by atoms with Gasteiger partial charge in [0.15, 0.2) is 0 Å². The maximum atomic E-state index is 13.6. The van der Waals surface area contributed by atoms with E-state index in [0.29, 0.717) is 5.92 Å². The molecular weight excluding hydrogens is 797 g/mol. The van der Waals surface area contributed by atoms with Gasteiger partial charge in [-0.1, -0.05) is 83.7 Å². The standard InChI is InChI=1S/C36H35NO10P2S4/c1-23(2)21-25-6-8-26(9-7-25)24(3)35(40)46-29-14-19-33(47-34(39)5-4-20-44-37(42)43)32(22-29)36(41)45-28-12-17-31(18-13-28)49(51)52-48(50,53-49)30-15-10-27(38)11-16-30/h6-19,22-24,38H,4-5,20-21H2,1-3H3. The lowest BCUT2D eigenvalue weighted by molar-refractivity contribution is -0.757. The molecule has 1 aliphatic rings. The van der Waals surface area contributed by atoms with Crippen LogP contribution in [0.15, 0.2) is 91.0 Å². The normalized spacial score (nSPS) is 18.3. The van der Waals surface area contributed by atoms with Crippen molar-refractivity contribution in [2.24, 2.45) is 5.92 Å². The van der Waals surface area contributed by atoms with Crippen molar-refractivity contribution in [2.75, 3.05) is 6.61 Å². The zero-order valence-electron chi connectivity index (χ0n) is 28.7. The number of esters is 3. The van der Waals surface area contributed by atoms with E-state index in [0.717, 1.165) is 28.2 Å². The van der Waals surface area contributed by atoms with E-state index in [1.807, 2.05) is 36.4 Å². The zero-order valence-corrected chi connectivity index (χ0v) is 33.8. The SMILES string of the molecule is CC(C)Cc1ccc(C(C)C(=O)Oc2ccc(OC(=O)CCCO[N+](=O)[O-])c(C(=O)Oc3ccc(P4(=S)SP(=S)(c5ccc(O)cc5)S4)cc3)c2)cc1. The van der Waals surface area contributed by atoms with E-state index in [1.165, 1.54) is 18.2 Å². The van der Waals surface area contributed by atoms with Crippen LogP contribution in [0.25, 0.3) is 0 Å². The molecule has 1 aliphatic heterocycles. The molecule has 53 heavy (non-hydrogen) atoms. The topological polar surface area (TPSA) is 151 Å². The number of phenolic OH excluding ortho intramolecular Hbond substituents is 1. The van der Waals surface area contributed by atoms with Gasteiger partial charge in [-0.3, -0.25) is 9.59 Å². The van der Waals surface area contributed by atoms with Crippen LogP contribution in [0.3, 0.4) is 0 Å². The number of benzene rings is 4. The highest BCUT2D eigenvalue weighted by Gasteiger charge is 2.45. The first-order chi connectivity index (χ1) is 25.1. The lowest BCUT2D eigenvalue weighted by Gasteiger charge is -2.40. The van der Waals surface area contributed by atoms with E-state index < -0.39 is 37.8 Å². The van der Waals surface area contributed by atoms with Gasteiger partial charge in [-0.05, 0) is 104 Å². The molecule has 0 aromatic heterocycles. The van der Waals surface area contributed by atoms with E-state index in [4.69, 9.17) is 37.8 Å². The monoisotopic (exact) mass is 831 g/mol. The van der Waals surface area contributed by atoms with E-state index in [9.17, 15) is 29.6 Å². The Hall–Kier alpha value is -3.71. The van der Waals surface area contributed by atoms with Crippen LogP contribution in [-0.4, -0.2) is 34.7 Å². The molecule has 1 saturated heterocycles. The zero-order chi connectivity index (χ0) is 38.3. The number of carbonyl (C=O) groups excluding carboxylic acids is 3. The summed E-state index contributed by atoms with van der Waals surface area (Å²) in [6.45, 7) is 5.68. The minimum atomic E-state index is -2.10. The number of carbonyl (C=O) groups is 3. The van der Waals surface area contributed by atoms with Gasteiger partial charge in [-0.15, -0.1) is 10.1 Å². The molecule has 278 valence electrons. The predicted molar refractivity (Wildman–Crippen MR) is 216 cm³/mol. The van der Waals surface area contributed by atoms with Gasteiger partial charge in [0.1, 0.15) is 28.6 Å². The third-order valence-electron chi connectivity index (χ3n) is 7.77. The first-order valence-electron chi connectivity index (χ1n) is 16.3. The molecule has 1 fully saturated rings. The number of aromatic hydroxyl groups is 1. The summed E-state index contributed by atoms with van der Waals surface area (Å²) in [7, 11) is 0. The molecule has 0 saturated carbocycles. The highest BCUT2D eigenvalue weighted by Crippen LogP contribution is 3.04. The Kier molecular flexibility index (Phi) is 13.5. The second-order valence-electron chi connectivity index (χ2n) is 12.3. The number of rotatable bonds is 15. The summed E-state index contributed by atoms with van der Waals surface area (Å²) in [5.41, 5.74) is 1.74. The molecule has 0 radical (unpaired) electrons. The predicted octanol–water partition coefficient (Wildman–Crippen LogP) is 8.46. The smallest absolute Gasteiger partial charge is 0.347 e. The number of hydrogen-bond acceptors (Lipinski definition) is 14. The highest BCUT2D eigenvalue weighted by atomic mass is 33.7. The number of phenols is 1. The molecule has 0 bridgehead atoms. The molecule has 1 atom stereocenters. The molecule has 4 aromatic rings. The first-order valence-corrected chi connectivity index (χ1v) is 26.0. The Labute approximate surface area is 324 Å². The maximum Gasteiger partial charge on any atom is 0.347 e. The van der Waals surface area contributed by atoms with Gasteiger partial charge in [0.05, 0.1) is 21.4 Å². The molecule has 0 amide bonds. The van der Waals surface area contributed by atoms with Crippen LogP contribution >= 0.6 is 30.9 Å². The van der Waals surface area contributed by atoms with Crippen LogP contribution in [0.5, 0.6) is 23.0 Å². The number of ether oxygens (including phenoxy) is 3. The minimum Gasteiger partial charge on any atom is -0.508 e. The Balaban J connectivity index is 1.30. The first kappa shape index (κ1) is 40.5. The average molecular weight is 832 g/mol. The fourth-order valence-corrected chi connectivity index (χ4v) is 47.4. The van der Waals surface area contributed by atoms with Crippen molar-refractivity contribution in [3.63, 3.8) is 0 Å². The molecule has 11 nitrogen and oxygen atoms in total. The van der Waals surface area contributed by atoms with Crippen molar-refractivity contribution in [2.45, 2.75) is 46.0 Å². The fourth-order valence-electron chi connectivity index (χ4n) is 5.08. The minimum absolute atomic E-state index is 0.00503. The van der Waals surface area contributed by atoms with Crippen LogP contribution < -0.4 is 24.8 Å². The lowest BCUT2D eigenvalue weighted by Crippen LogP contribution is -2.18. The molecular formula is C36H35NO10P2S4. The van der Waals surface area contributed by atoms with Crippen LogP contribution in [0.4, 0.5) is 0 Å². The third-order valence-corrected chi connectivity index (χ3v) is 39.0. The van der Waals surface area contributed by atoms with Crippen LogP contribution in [-0.2, 0) is 44.5 Å². The van der Waals surface area contributed by atoms with Gasteiger partial charge in [-0.2, -0.15) is 0 Å². The van der Waals surface area contributed by atoms with Crippen LogP contribution in [0.2, 0.25) is 0 Å². The van der Waals surface area contributed by atoms with Gasteiger partial charge in [0.2, 0.25) is 0 Å². The summed E-state index contributed by atoms with van der Waals surface area (Å²) in [6, 6.07) is 25.4. The van der Waals surface area contributed by atoms with Gasteiger partial charge < -0.3 is 24.2 Å². The average Bonchev–Trinajstić information content (AvgIpc) is 3.10. The summed E-state index contributed by atoms with van der Waals surface area (Å²) in [5.74, 6) is -2.10. The number of nitrogens with zero attached hydrogens (tertiary/aromatic N) is 1. The molecule has 1 N–H and O–H groups in total. The van der Waals surface area contributed by atoms with E-state index in [-0.39, 0.29) is 48.0 Å². The van der Waals surface area contributed by atoms with Gasteiger partial charge >= 0.3 is 17.9 Å². The summed E-state index contributed by atoms with van der Waals surface area (Å²) in [6.07, 6.45) is 0.695. The maximum absolute atomic E-state index is 13.6. The second-order valence-corrected chi connectivity index (χ2v) is 33.6. The molecule has 1 heterocycles. The van der Waals surface area contributed by atoms with Crippen molar-refractivity contribution in [3.8, 4) is 23.0 Å². The van der Waals surface area contributed by atoms with Crippen molar-refractivity contribution < 1.29 is 43.6 Å². The summed E-state index contributed by atoms with van der Waals surface area (Å²) in [4.78, 5) is 54.0. The largest absolute Gasteiger partial charge is 0.508 e. The van der Waals surface area contributed by atoms with E-state index in [1.54, 1.807) is 65.3 Å². The lowest BCUT2D eigenvalue weighted by atomic mass is 9.97. The Bertz CT molecular complexity index is 2080. The van der Waals surface area contributed by atoms with E-state index >= 15 is 0 Å². The Morgan fingerprint density at radius 3 is 1.98 bits per heavy atom. The number of hydrogen-bond donors (Lipinski definition) is 1. The van der Waals surface area contributed by atoms with Gasteiger partial charge in [0, 0.05) is 17.0 Å². The Morgan fingerprint density at radius 1 is 0.811 bits per heavy atom. The van der Waals surface area contributed by atoms with E-state index in [2.05, 4.69) is 18.7 Å². The summed E-state index contributed by atoms with van der Waals surface area (Å²) >= 11 is 15.2. The molecule has 1 unspecified atom stereocenters. The summed E-state index contributed by atoms with van der Waals surface area (Å²) < 4.78 is 12.7. The second kappa shape index (κ2) is 17.6. The van der Waals surface area contributed by atoms with Crippen molar-refractivity contribution >= 4 is 83.0 Å². The van der Waals surface area contributed by atoms with Gasteiger partial charge in [0.25, 0.3) is 5.09 Å². The molecule has 0 aliphatic carbocycles. The van der Waals surface area contributed by atoms with Crippen LogP contribution in [0, 0.1) is 16.0 Å². The Morgan fingerprint density at radius 2 is 1.40 bits per heavy atom. The molecule has 17 heteroatoms. The van der Waals surface area contributed by atoms with Crippen molar-refractivity contribution in [3.05, 3.63) is 118 Å². The quantitative estimate of drug-likeness (QED) is 0.0305. The van der Waals surface area contributed by atoms with Crippen molar-refractivity contribution in [1.82, 2.24) is 0 Å². The third kappa shape index (κ3) is 10.7. The van der Waals surface area contributed by atoms with Gasteiger partial charge in [-0.25, -0.2) is 4.79 Å². The highest BCUT2D eigenvalue weighted by molar-refractivity contribution is 9.48. The molecule has 4 aromatic carbocycles. The molecule has 5 rings (SSSR count). The summed E-state index contributed by atoms with van der Waals surface area (Å²) in [5, 5.41) is 21.0.